The third-order valence-electron chi connectivity index (χ3n) is 3.50. The summed E-state index contributed by atoms with van der Waals surface area (Å²) >= 11 is 4.56. The van der Waals surface area contributed by atoms with Crippen LogP contribution in [0.1, 0.15) is 5.56 Å². The van der Waals surface area contributed by atoms with E-state index in [-0.39, 0.29) is 5.24 Å². The Bertz CT molecular complexity index is 1050. The quantitative estimate of drug-likeness (QED) is 0.650. The SMILES string of the molecule is O=C1NC(=Nc2cccc(Br)c2)C(=Cc2ccc3nccnc3c2)S1. The number of fused-ring (bicyclic) bond motifs is 1. The van der Waals surface area contributed by atoms with Gasteiger partial charge in [0.25, 0.3) is 5.24 Å². The van der Waals surface area contributed by atoms with E-state index in [9.17, 15) is 4.79 Å². The Hall–Kier alpha value is -2.51. The molecule has 2 aromatic carbocycles. The molecule has 25 heavy (non-hydrogen) atoms. The number of halogens is 1. The van der Waals surface area contributed by atoms with Crippen LogP contribution in [0, 0.1) is 0 Å². The zero-order valence-electron chi connectivity index (χ0n) is 12.8. The molecule has 0 saturated carbocycles. The number of nitrogens with zero attached hydrogens (tertiary/aromatic N) is 3. The second kappa shape index (κ2) is 6.78. The van der Waals surface area contributed by atoms with E-state index in [2.05, 4.69) is 36.2 Å². The van der Waals surface area contributed by atoms with E-state index >= 15 is 0 Å². The average Bonchev–Trinajstić information content (AvgIpc) is 2.94. The fourth-order valence-corrected chi connectivity index (χ4v) is 3.53. The molecule has 1 aliphatic rings. The summed E-state index contributed by atoms with van der Waals surface area (Å²) in [5, 5.41) is 2.65. The minimum atomic E-state index is -0.138. The summed E-state index contributed by atoms with van der Waals surface area (Å²) in [6.07, 6.45) is 5.25. The van der Waals surface area contributed by atoms with Gasteiger partial charge in [-0.25, -0.2) is 4.99 Å². The van der Waals surface area contributed by atoms with Crippen molar-refractivity contribution in [2.24, 2.45) is 4.99 Å². The van der Waals surface area contributed by atoms with Crippen molar-refractivity contribution >= 4 is 61.6 Å². The predicted octanol–water partition coefficient (Wildman–Crippen LogP) is 4.92. The van der Waals surface area contributed by atoms with Crippen molar-refractivity contribution < 1.29 is 4.79 Å². The molecule has 3 aromatic rings. The third-order valence-corrected chi connectivity index (χ3v) is 4.81. The van der Waals surface area contributed by atoms with Gasteiger partial charge in [-0.1, -0.05) is 28.1 Å². The van der Waals surface area contributed by atoms with Crippen LogP contribution in [0.25, 0.3) is 17.1 Å². The topological polar surface area (TPSA) is 67.2 Å². The molecule has 0 aliphatic carbocycles. The second-order valence-corrected chi connectivity index (χ2v) is 7.20. The number of hydrogen-bond donors (Lipinski definition) is 1. The first-order valence-corrected chi connectivity index (χ1v) is 9.04. The van der Waals surface area contributed by atoms with Crippen LogP contribution in [0.15, 0.2) is 69.2 Å². The van der Waals surface area contributed by atoms with Gasteiger partial charge in [-0.15, -0.1) is 0 Å². The standard InChI is InChI=1S/C18H11BrN4OS/c19-12-2-1-3-13(10-12)22-17-16(25-18(24)23-17)9-11-4-5-14-15(8-11)21-7-6-20-14/h1-10H,(H,22,23,24). The lowest BCUT2D eigenvalue weighted by atomic mass is 10.1. The Morgan fingerprint density at radius 2 is 1.92 bits per heavy atom. The van der Waals surface area contributed by atoms with Crippen molar-refractivity contribution in [3.8, 4) is 0 Å². The molecule has 1 aromatic heterocycles. The highest BCUT2D eigenvalue weighted by Gasteiger charge is 2.23. The van der Waals surface area contributed by atoms with Gasteiger partial charge in [0.2, 0.25) is 0 Å². The fraction of sp³-hybridized carbons (Fsp3) is 0. The zero-order chi connectivity index (χ0) is 17.2. The summed E-state index contributed by atoms with van der Waals surface area (Å²) in [6, 6.07) is 13.4. The molecule has 0 radical (unpaired) electrons. The minimum Gasteiger partial charge on any atom is -0.300 e. The fourth-order valence-electron chi connectivity index (χ4n) is 2.41. The van der Waals surface area contributed by atoms with Crippen LogP contribution in [0.5, 0.6) is 0 Å². The molecule has 1 aliphatic heterocycles. The zero-order valence-corrected chi connectivity index (χ0v) is 15.2. The molecule has 5 nitrogen and oxygen atoms in total. The Kier molecular flexibility index (Phi) is 4.33. The van der Waals surface area contributed by atoms with E-state index < -0.39 is 0 Å². The number of aliphatic imine (C=N–C) groups is 1. The largest absolute Gasteiger partial charge is 0.300 e. The Balaban J connectivity index is 1.73. The number of amidine groups is 1. The lowest BCUT2D eigenvalue weighted by Gasteiger charge is -2.01. The van der Waals surface area contributed by atoms with Gasteiger partial charge in [0, 0.05) is 16.9 Å². The first-order chi connectivity index (χ1) is 12.2. The van der Waals surface area contributed by atoms with E-state index in [0.29, 0.717) is 5.84 Å². The Morgan fingerprint density at radius 1 is 1.08 bits per heavy atom. The van der Waals surface area contributed by atoms with Gasteiger partial charge in [-0.3, -0.25) is 14.8 Å². The number of carbonyl (C=O) groups excluding carboxylic acids is 1. The van der Waals surface area contributed by atoms with Gasteiger partial charge in [0.05, 0.1) is 21.6 Å². The normalized spacial score (nSPS) is 17.4. The molecule has 0 bridgehead atoms. The maximum atomic E-state index is 11.8. The molecular formula is C18H11BrN4OS. The summed E-state index contributed by atoms with van der Waals surface area (Å²) in [6.45, 7) is 0. The summed E-state index contributed by atoms with van der Waals surface area (Å²) in [7, 11) is 0. The van der Waals surface area contributed by atoms with Crippen molar-refractivity contribution in [2.45, 2.75) is 0 Å². The van der Waals surface area contributed by atoms with Crippen LogP contribution < -0.4 is 5.32 Å². The number of benzene rings is 2. The van der Waals surface area contributed by atoms with Gasteiger partial charge in [0.15, 0.2) is 0 Å². The van der Waals surface area contributed by atoms with Gasteiger partial charge in [0.1, 0.15) is 5.84 Å². The maximum Gasteiger partial charge on any atom is 0.289 e. The smallest absolute Gasteiger partial charge is 0.289 e. The Labute approximate surface area is 156 Å². The van der Waals surface area contributed by atoms with E-state index in [0.717, 1.165) is 43.4 Å². The van der Waals surface area contributed by atoms with Crippen LogP contribution >= 0.6 is 27.7 Å². The third kappa shape index (κ3) is 3.62. The Morgan fingerprint density at radius 3 is 2.76 bits per heavy atom. The van der Waals surface area contributed by atoms with Crippen molar-refractivity contribution in [2.75, 3.05) is 0 Å². The van der Waals surface area contributed by atoms with Gasteiger partial charge in [-0.05, 0) is 53.7 Å². The van der Waals surface area contributed by atoms with Gasteiger partial charge in [-0.2, -0.15) is 0 Å². The van der Waals surface area contributed by atoms with Crippen LogP contribution in [-0.4, -0.2) is 21.0 Å². The number of hydrogen-bond acceptors (Lipinski definition) is 5. The molecule has 7 heteroatoms. The minimum absolute atomic E-state index is 0.138. The van der Waals surface area contributed by atoms with E-state index in [4.69, 9.17) is 0 Å². The van der Waals surface area contributed by atoms with Gasteiger partial charge < -0.3 is 5.32 Å². The molecule has 2 heterocycles. The van der Waals surface area contributed by atoms with E-state index in [1.807, 2.05) is 48.5 Å². The molecule has 1 amide bonds. The van der Waals surface area contributed by atoms with Crippen LogP contribution in [-0.2, 0) is 0 Å². The predicted molar refractivity (Wildman–Crippen MR) is 105 cm³/mol. The number of nitrogens with one attached hydrogen (secondary N) is 1. The molecule has 1 saturated heterocycles. The highest BCUT2D eigenvalue weighted by molar-refractivity contribution is 9.10. The monoisotopic (exact) mass is 410 g/mol. The van der Waals surface area contributed by atoms with E-state index in [1.165, 1.54) is 0 Å². The number of thioether (sulfide) groups is 1. The van der Waals surface area contributed by atoms with E-state index in [1.54, 1.807) is 12.4 Å². The second-order valence-electron chi connectivity index (χ2n) is 5.27. The number of amides is 1. The number of carbonyl (C=O) groups is 1. The van der Waals surface area contributed by atoms with Crippen molar-refractivity contribution in [1.82, 2.24) is 15.3 Å². The van der Waals surface area contributed by atoms with Crippen LogP contribution in [0.3, 0.4) is 0 Å². The molecule has 0 unspecified atom stereocenters. The molecule has 1 N–H and O–H groups in total. The first kappa shape index (κ1) is 16.0. The average molecular weight is 411 g/mol. The maximum absolute atomic E-state index is 11.8. The van der Waals surface area contributed by atoms with Crippen LogP contribution in [0.4, 0.5) is 10.5 Å². The lowest BCUT2D eigenvalue weighted by Crippen LogP contribution is -2.18. The van der Waals surface area contributed by atoms with Crippen LogP contribution in [0.2, 0.25) is 0 Å². The highest BCUT2D eigenvalue weighted by Crippen LogP contribution is 2.29. The number of rotatable bonds is 2. The molecule has 122 valence electrons. The highest BCUT2D eigenvalue weighted by atomic mass is 79.9. The summed E-state index contributed by atoms with van der Waals surface area (Å²) in [5.74, 6) is 0.548. The first-order valence-electron chi connectivity index (χ1n) is 7.43. The molecular weight excluding hydrogens is 400 g/mol. The molecule has 0 spiro atoms. The van der Waals surface area contributed by atoms with Crippen molar-refractivity contribution in [3.05, 3.63) is 69.8 Å². The molecule has 0 atom stereocenters. The number of aromatic nitrogens is 2. The summed E-state index contributed by atoms with van der Waals surface area (Å²) in [5.41, 5.74) is 3.35. The molecule has 1 fully saturated rings. The molecule has 4 rings (SSSR count). The summed E-state index contributed by atoms with van der Waals surface area (Å²) < 4.78 is 0.935. The lowest BCUT2D eigenvalue weighted by molar-refractivity contribution is 0.265. The van der Waals surface area contributed by atoms with Crippen molar-refractivity contribution in [1.29, 1.82) is 0 Å². The summed E-state index contributed by atoms with van der Waals surface area (Å²) in [4.78, 5) is 25.7. The van der Waals surface area contributed by atoms with Gasteiger partial charge >= 0.3 is 0 Å². The van der Waals surface area contributed by atoms with Crippen molar-refractivity contribution in [3.63, 3.8) is 0 Å².